The molecule has 0 bridgehead atoms. The largest absolute Gasteiger partial charge is 0.497 e. The first-order valence-corrected chi connectivity index (χ1v) is 14.7. The van der Waals surface area contributed by atoms with E-state index < -0.39 is 22.2 Å². The van der Waals surface area contributed by atoms with E-state index in [-0.39, 0.29) is 4.90 Å². The predicted octanol–water partition coefficient (Wildman–Crippen LogP) is 5.19. The fourth-order valence-electron chi connectivity index (χ4n) is 4.21. The van der Waals surface area contributed by atoms with Crippen LogP contribution >= 0.6 is 0 Å². The second kappa shape index (κ2) is 13.3. The van der Waals surface area contributed by atoms with Crippen molar-refractivity contribution in [2.45, 2.75) is 37.8 Å². The molecule has 0 unspecified atom stereocenters. The van der Waals surface area contributed by atoms with Crippen molar-refractivity contribution in [3.05, 3.63) is 72.1 Å². The molecule has 2 aromatic heterocycles. The Hall–Kier alpha value is -4.70. The van der Waals surface area contributed by atoms with Crippen LogP contribution in [0.2, 0.25) is 0 Å². The van der Waals surface area contributed by atoms with Crippen molar-refractivity contribution >= 4 is 39.3 Å². The molecule has 1 saturated heterocycles. The van der Waals surface area contributed by atoms with Crippen LogP contribution in [0.1, 0.15) is 24.1 Å². The van der Waals surface area contributed by atoms with Crippen LogP contribution in [0, 0.1) is 13.8 Å². The van der Waals surface area contributed by atoms with E-state index in [1.807, 2.05) is 42.8 Å². The zero-order valence-corrected chi connectivity index (χ0v) is 24.8. The maximum Gasteiger partial charge on any atom is 0.490 e. The Kier molecular flexibility index (Phi) is 9.74. The molecule has 0 aliphatic carbocycles. The van der Waals surface area contributed by atoms with Crippen LogP contribution in [0.4, 0.5) is 36.4 Å². The number of aromatic nitrogens is 4. The Balaban J connectivity index is 0.000000566. The number of benzene rings is 2. The van der Waals surface area contributed by atoms with Crippen molar-refractivity contribution in [3.8, 4) is 11.4 Å². The van der Waals surface area contributed by atoms with E-state index in [2.05, 4.69) is 25.7 Å². The number of hydrogen-bond acceptors (Lipinski definition) is 9. The molecule has 5 rings (SSSR count). The molecule has 1 aliphatic heterocycles. The standard InChI is InChI=1S/C26H29N7O3S.C2HF3O2/c1-18-19(2)31-33(21-9-11-22(36-3)12-10-21)25(18)29-24-13-14-27-26(30-24)28-20-7-6-8-23(17-20)37(34,35)32-15-4-5-16-32;3-2(4,5)1(6)7/h6-14,17H,4-5,15-16H2,1-3H3,(H2,27,28,29,30);(H,6,7). The van der Waals surface area contributed by atoms with E-state index >= 15 is 0 Å². The first-order valence-electron chi connectivity index (χ1n) is 13.3. The normalized spacial score (nSPS) is 13.6. The van der Waals surface area contributed by atoms with Crippen LogP contribution in [0.25, 0.3) is 5.69 Å². The van der Waals surface area contributed by atoms with E-state index in [4.69, 9.17) is 14.6 Å². The minimum Gasteiger partial charge on any atom is -0.497 e. The van der Waals surface area contributed by atoms with E-state index in [1.54, 1.807) is 43.6 Å². The summed E-state index contributed by atoms with van der Waals surface area (Å²) in [5.74, 6) is -0.303. The van der Waals surface area contributed by atoms with Crippen LogP contribution in [0.3, 0.4) is 0 Å². The SMILES string of the molecule is COc1ccc(-n2nc(C)c(C)c2Nc2ccnc(Nc3cccc(S(=O)(=O)N4CCCC4)c3)n2)cc1.O=C(O)C(F)(F)F. The van der Waals surface area contributed by atoms with Gasteiger partial charge in [0.25, 0.3) is 0 Å². The number of sulfonamides is 1. The molecule has 234 valence electrons. The van der Waals surface area contributed by atoms with Crippen LogP contribution in [-0.4, -0.2) is 69.9 Å². The zero-order chi connectivity index (χ0) is 32.1. The van der Waals surface area contributed by atoms with Gasteiger partial charge in [0.05, 0.1) is 23.4 Å². The minimum atomic E-state index is -5.08. The highest BCUT2D eigenvalue weighted by Gasteiger charge is 2.38. The highest BCUT2D eigenvalue weighted by Crippen LogP contribution is 2.28. The van der Waals surface area contributed by atoms with Crippen LogP contribution in [-0.2, 0) is 14.8 Å². The van der Waals surface area contributed by atoms with Gasteiger partial charge in [-0.3, -0.25) is 0 Å². The molecule has 3 heterocycles. The summed E-state index contributed by atoms with van der Waals surface area (Å²) in [5, 5.41) is 18.3. The Labute approximate surface area is 251 Å². The van der Waals surface area contributed by atoms with Gasteiger partial charge in [-0.05, 0) is 75.2 Å². The van der Waals surface area contributed by atoms with Gasteiger partial charge in [-0.2, -0.15) is 27.6 Å². The van der Waals surface area contributed by atoms with Gasteiger partial charge < -0.3 is 20.5 Å². The molecule has 0 radical (unpaired) electrons. The molecule has 12 nitrogen and oxygen atoms in total. The number of alkyl halides is 3. The fourth-order valence-corrected chi connectivity index (χ4v) is 5.78. The summed E-state index contributed by atoms with van der Waals surface area (Å²) in [6.07, 6.45) is -1.67. The zero-order valence-electron chi connectivity index (χ0n) is 24.0. The number of carbonyl (C=O) groups is 1. The molecule has 2 aromatic carbocycles. The number of nitrogens with zero attached hydrogens (tertiary/aromatic N) is 5. The average Bonchev–Trinajstić information content (AvgIpc) is 3.63. The highest BCUT2D eigenvalue weighted by atomic mass is 32.2. The Morgan fingerprint density at radius 2 is 1.68 bits per heavy atom. The van der Waals surface area contributed by atoms with Crippen molar-refractivity contribution in [1.82, 2.24) is 24.1 Å². The summed E-state index contributed by atoms with van der Waals surface area (Å²) >= 11 is 0. The number of nitrogens with one attached hydrogen (secondary N) is 2. The predicted molar refractivity (Wildman–Crippen MR) is 156 cm³/mol. The van der Waals surface area contributed by atoms with Crippen LogP contribution in [0.15, 0.2) is 65.7 Å². The average molecular weight is 634 g/mol. The quantitative estimate of drug-likeness (QED) is 0.236. The van der Waals surface area contributed by atoms with E-state index in [0.29, 0.717) is 30.5 Å². The Morgan fingerprint density at radius 1 is 1.02 bits per heavy atom. The van der Waals surface area contributed by atoms with Crippen LogP contribution in [0.5, 0.6) is 5.75 Å². The lowest BCUT2D eigenvalue weighted by Gasteiger charge is -2.16. The van der Waals surface area contributed by atoms with E-state index in [0.717, 1.165) is 41.4 Å². The lowest BCUT2D eigenvalue weighted by atomic mass is 10.2. The third kappa shape index (κ3) is 7.62. The number of halogens is 3. The smallest absolute Gasteiger partial charge is 0.490 e. The lowest BCUT2D eigenvalue weighted by Crippen LogP contribution is -2.27. The van der Waals surface area contributed by atoms with Crippen molar-refractivity contribution in [3.63, 3.8) is 0 Å². The third-order valence-electron chi connectivity index (χ3n) is 6.61. The maximum absolute atomic E-state index is 13.0. The Bertz CT molecular complexity index is 1720. The molecule has 0 amide bonds. The summed E-state index contributed by atoms with van der Waals surface area (Å²) in [6, 6.07) is 16.1. The topological polar surface area (TPSA) is 152 Å². The van der Waals surface area contributed by atoms with Gasteiger partial charge >= 0.3 is 12.1 Å². The summed E-state index contributed by atoms with van der Waals surface area (Å²) in [4.78, 5) is 18.1. The molecular formula is C28H30F3N7O5S. The number of carboxylic acid groups (broad SMARTS) is 1. The number of hydrogen-bond donors (Lipinski definition) is 3. The number of aryl methyl sites for hydroxylation is 1. The summed E-state index contributed by atoms with van der Waals surface area (Å²) < 4.78 is 66.3. The minimum absolute atomic E-state index is 0.253. The summed E-state index contributed by atoms with van der Waals surface area (Å²) in [7, 11) is -1.89. The first-order chi connectivity index (χ1) is 20.8. The molecule has 44 heavy (non-hydrogen) atoms. The molecule has 0 atom stereocenters. The second-order valence-corrected chi connectivity index (χ2v) is 11.6. The molecule has 3 N–H and O–H groups in total. The number of methoxy groups -OCH3 is 1. The van der Waals surface area contributed by atoms with Crippen molar-refractivity contribution in [2.75, 3.05) is 30.8 Å². The van der Waals surface area contributed by atoms with Crippen molar-refractivity contribution < 1.29 is 36.2 Å². The van der Waals surface area contributed by atoms with Gasteiger partial charge in [0.1, 0.15) is 17.4 Å². The maximum atomic E-state index is 13.0. The number of aliphatic carboxylic acids is 1. The molecule has 0 spiro atoms. The lowest BCUT2D eigenvalue weighted by molar-refractivity contribution is -0.192. The van der Waals surface area contributed by atoms with Crippen LogP contribution < -0.4 is 15.4 Å². The molecule has 16 heteroatoms. The van der Waals surface area contributed by atoms with Gasteiger partial charge in [-0.15, -0.1) is 0 Å². The van der Waals surface area contributed by atoms with Gasteiger partial charge in [-0.1, -0.05) is 6.07 Å². The molecular weight excluding hydrogens is 603 g/mol. The molecule has 1 fully saturated rings. The monoisotopic (exact) mass is 633 g/mol. The third-order valence-corrected chi connectivity index (χ3v) is 8.51. The van der Waals surface area contributed by atoms with E-state index in [1.165, 1.54) is 4.31 Å². The second-order valence-electron chi connectivity index (χ2n) is 9.63. The van der Waals surface area contributed by atoms with Gasteiger partial charge in [0.2, 0.25) is 16.0 Å². The van der Waals surface area contributed by atoms with Gasteiger partial charge in [0, 0.05) is 30.5 Å². The molecule has 1 aliphatic rings. The summed E-state index contributed by atoms with van der Waals surface area (Å²) in [6.45, 7) is 5.07. The van der Waals surface area contributed by atoms with E-state index in [9.17, 15) is 21.6 Å². The van der Waals surface area contributed by atoms with Crippen molar-refractivity contribution in [2.24, 2.45) is 0 Å². The van der Waals surface area contributed by atoms with Gasteiger partial charge in [-0.25, -0.2) is 22.9 Å². The van der Waals surface area contributed by atoms with Gasteiger partial charge in [0.15, 0.2) is 0 Å². The molecule has 0 saturated carbocycles. The first kappa shape index (κ1) is 32.2. The number of carboxylic acids is 1. The number of ether oxygens (including phenoxy) is 1. The highest BCUT2D eigenvalue weighted by molar-refractivity contribution is 7.89. The summed E-state index contributed by atoms with van der Waals surface area (Å²) in [5.41, 5.74) is 3.35. The fraction of sp³-hybridized carbons (Fsp3) is 0.286. The van der Waals surface area contributed by atoms with Crippen molar-refractivity contribution in [1.29, 1.82) is 0 Å². The number of anilines is 4. The Morgan fingerprint density at radius 3 is 2.30 bits per heavy atom. The molecule has 4 aromatic rings. The number of rotatable bonds is 8.